The predicted molar refractivity (Wildman–Crippen MR) is 102 cm³/mol. The van der Waals surface area contributed by atoms with Crippen LogP contribution in [0.1, 0.15) is 19.8 Å². The van der Waals surface area contributed by atoms with Crippen LogP contribution < -0.4 is 10.9 Å². The summed E-state index contributed by atoms with van der Waals surface area (Å²) in [4.78, 5) is 37.0. The molecular weight excluding hydrogens is 344 g/mol. The zero-order valence-electron chi connectivity index (χ0n) is 15.4. The first-order valence-corrected chi connectivity index (χ1v) is 9.19. The monoisotopic (exact) mass is 368 g/mol. The summed E-state index contributed by atoms with van der Waals surface area (Å²) in [5, 5.41) is 7.05. The van der Waals surface area contributed by atoms with Crippen molar-refractivity contribution in [1.82, 2.24) is 20.0 Å². The number of aromatic nitrogens is 2. The summed E-state index contributed by atoms with van der Waals surface area (Å²) in [6, 6.07) is 13.1. The van der Waals surface area contributed by atoms with Crippen LogP contribution in [0.15, 0.2) is 47.3 Å². The number of carbonyl (C=O) groups excluding carboxylic acids is 2. The van der Waals surface area contributed by atoms with Crippen molar-refractivity contribution < 1.29 is 9.59 Å². The van der Waals surface area contributed by atoms with E-state index in [0.29, 0.717) is 25.6 Å². The van der Waals surface area contributed by atoms with Crippen LogP contribution in [0.25, 0.3) is 11.3 Å². The summed E-state index contributed by atoms with van der Waals surface area (Å²) in [7, 11) is 0. The van der Waals surface area contributed by atoms with Gasteiger partial charge in [-0.25, -0.2) is 4.68 Å². The fraction of sp³-hybridized carbons (Fsp3) is 0.400. The van der Waals surface area contributed by atoms with Gasteiger partial charge in [-0.05, 0) is 24.8 Å². The molecule has 1 aliphatic rings. The molecule has 0 unspecified atom stereocenters. The summed E-state index contributed by atoms with van der Waals surface area (Å²) in [6.07, 6.45) is 1.63. The van der Waals surface area contributed by atoms with Crippen LogP contribution in [0.4, 0.5) is 0 Å². The van der Waals surface area contributed by atoms with E-state index in [1.165, 1.54) is 11.6 Å². The van der Waals surface area contributed by atoms with Gasteiger partial charge in [-0.15, -0.1) is 0 Å². The zero-order chi connectivity index (χ0) is 19.2. The van der Waals surface area contributed by atoms with E-state index in [0.717, 1.165) is 24.1 Å². The quantitative estimate of drug-likeness (QED) is 0.862. The number of nitrogens with one attached hydrogen (secondary N) is 1. The Morgan fingerprint density at radius 1 is 1.11 bits per heavy atom. The van der Waals surface area contributed by atoms with Gasteiger partial charge in [-0.3, -0.25) is 14.4 Å². The van der Waals surface area contributed by atoms with Crippen LogP contribution in [0.5, 0.6) is 0 Å². The van der Waals surface area contributed by atoms with Crippen molar-refractivity contribution in [3.05, 3.63) is 52.8 Å². The van der Waals surface area contributed by atoms with Crippen molar-refractivity contribution in [2.24, 2.45) is 5.92 Å². The van der Waals surface area contributed by atoms with Crippen LogP contribution in [0.3, 0.4) is 0 Å². The molecule has 0 atom stereocenters. The molecule has 7 nitrogen and oxygen atoms in total. The number of hydrogen-bond acceptors (Lipinski definition) is 4. The number of piperidine rings is 1. The minimum Gasteiger partial charge on any atom is -0.347 e. The molecule has 2 heterocycles. The van der Waals surface area contributed by atoms with Crippen molar-refractivity contribution in [2.45, 2.75) is 26.3 Å². The molecule has 1 fully saturated rings. The van der Waals surface area contributed by atoms with Gasteiger partial charge in [0.05, 0.1) is 12.2 Å². The van der Waals surface area contributed by atoms with Crippen LogP contribution >= 0.6 is 0 Å². The SMILES string of the molecule is CC(=O)NCC(=O)N1CCC(Cn2nc(-c3ccccc3)ccc2=O)CC1. The summed E-state index contributed by atoms with van der Waals surface area (Å²) in [5.41, 5.74) is 1.64. The van der Waals surface area contributed by atoms with E-state index in [-0.39, 0.29) is 23.9 Å². The maximum absolute atomic E-state index is 12.2. The third-order valence-corrected chi connectivity index (χ3v) is 4.82. The second kappa shape index (κ2) is 8.62. The largest absolute Gasteiger partial charge is 0.347 e. The van der Waals surface area contributed by atoms with Gasteiger partial charge in [0.15, 0.2) is 0 Å². The fourth-order valence-corrected chi connectivity index (χ4v) is 3.26. The van der Waals surface area contributed by atoms with Crippen molar-refractivity contribution in [3.63, 3.8) is 0 Å². The summed E-state index contributed by atoms with van der Waals surface area (Å²) < 4.78 is 1.53. The maximum atomic E-state index is 12.2. The molecule has 7 heteroatoms. The molecule has 2 amide bonds. The van der Waals surface area contributed by atoms with Crippen LogP contribution in [-0.4, -0.2) is 46.1 Å². The summed E-state index contributed by atoms with van der Waals surface area (Å²) in [5.74, 6) is 0.0260. The second-order valence-corrected chi connectivity index (χ2v) is 6.84. The number of likely N-dealkylation sites (tertiary alicyclic amines) is 1. The summed E-state index contributed by atoms with van der Waals surface area (Å²) >= 11 is 0. The Labute approximate surface area is 158 Å². The Bertz CT molecular complexity index is 855. The second-order valence-electron chi connectivity index (χ2n) is 6.84. The molecule has 27 heavy (non-hydrogen) atoms. The average Bonchev–Trinajstić information content (AvgIpc) is 2.69. The van der Waals surface area contributed by atoms with Crippen LogP contribution in [-0.2, 0) is 16.1 Å². The highest BCUT2D eigenvalue weighted by molar-refractivity contribution is 5.83. The first kappa shape index (κ1) is 18.8. The maximum Gasteiger partial charge on any atom is 0.266 e. The van der Waals surface area contributed by atoms with E-state index in [9.17, 15) is 14.4 Å². The lowest BCUT2D eigenvalue weighted by atomic mass is 9.97. The normalized spacial score (nSPS) is 14.8. The van der Waals surface area contributed by atoms with Gasteiger partial charge in [-0.1, -0.05) is 30.3 Å². The third kappa shape index (κ3) is 5.03. The molecule has 1 aromatic heterocycles. The number of benzene rings is 1. The third-order valence-electron chi connectivity index (χ3n) is 4.82. The molecule has 0 saturated carbocycles. The van der Waals surface area contributed by atoms with Crippen molar-refractivity contribution >= 4 is 11.8 Å². The molecule has 3 rings (SSSR count). The van der Waals surface area contributed by atoms with Gasteiger partial charge < -0.3 is 10.2 Å². The highest BCUT2D eigenvalue weighted by Crippen LogP contribution is 2.19. The first-order chi connectivity index (χ1) is 13.0. The first-order valence-electron chi connectivity index (χ1n) is 9.19. The number of hydrogen-bond donors (Lipinski definition) is 1. The molecule has 1 N–H and O–H groups in total. The van der Waals surface area contributed by atoms with Gasteiger partial charge in [-0.2, -0.15) is 5.10 Å². The van der Waals surface area contributed by atoms with Gasteiger partial charge in [0.2, 0.25) is 11.8 Å². The van der Waals surface area contributed by atoms with Crippen LogP contribution in [0, 0.1) is 5.92 Å². The fourth-order valence-electron chi connectivity index (χ4n) is 3.26. The number of amides is 2. The number of rotatable bonds is 5. The van der Waals surface area contributed by atoms with Gasteiger partial charge in [0.1, 0.15) is 0 Å². The topological polar surface area (TPSA) is 84.3 Å². The van der Waals surface area contributed by atoms with E-state index in [1.54, 1.807) is 17.0 Å². The Morgan fingerprint density at radius 2 is 1.81 bits per heavy atom. The van der Waals surface area contributed by atoms with Crippen molar-refractivity contribution in [1.29, 1.82) is 0 Å². The highest BCUT2D eigenvalue weighted by atomic mass is 16.2. The standard InChI is InChI=1S/C20H24N4O3/c1-15(25)21-13-20(27)23-11-9-16(10-12-23)14-24-19(26)8-7-18(22-24)17-5-3-2-4-6-17/h2-8,16H,9-14H2,1H3,(H,21,25). The van der Waals surface area contributed by atoms with Gasteiger partial charge in [0.25, 0.3) is 5.56 Å². The lowest BCUT2D eigenvalue weighted by Crippen LogP contribution is -2.44. The smallest absolute Gasteiger partial charge is 0.266 e. The van der Waals surface area contributed by atoms with Crippen molar-refractivity contribution in [2.75, 3.05) is 19.6 Å². The van der Waals surface area contributed by atoms with E-state index >= 15 is 0 Å². The lowest BCUT2D eigenvalue weighted by Gasteiger charge is -2.32. The Balaban J connectivity index is 1.60. The van der Waals surface area contributed by atoms with Gasteiger partial charge >= 0.3 is 0 Å². The Kier molecular flexibility index (Phi) is 6.01. The Morgan fingerprint density at radius 3 is 2.48 bits per heavy atom. The molecule has 0 bridgehead atoms. The van der Waals surface area contributed by atoms with Crippen LogP contribution in [0.2, 0.25) is 0 Å². The molecule has 142 valence electrons. The summed E-state index contributed by atoms with van der Waals surface area (Å²) in [6.45, 7) is 3.26. The molecule has 1 aliphatic heterocycles. The molecule has 1 aromatic carbocycles. The number of carbonyl (C=O) groups is 2. The number of nitrogens with zero attached hydrogens (tertiary/aromatic N) is 3. The minimum atomic E-state index is -0.206. The lowest BCUT2D eigenvalue weighted by molar-refractivity contribution is -0.133. The van der Waals surface area contributed by atoms with E-state index in [2.05, 4.69) is 10.4 Å². The molecule has 1 saturated heterocycles. The molecule has 0 spiro atoms. The highest BCUT2D eigenvalue weighted by Gasteiger charge is 2.23. The predicted octanol–water partition coefficient (Wildman–Crippen LogP) is 1.28. The average molecular weight is 368 g/mol. The molecule has 2 aromatic rings. The molecule has 0 radical (unpaired) electrons. The van der Waals surface area contributed by atoms with E-state index < -0.39 is 0 Å². The van der Waals surface area contributed by atoms with E-state index in [1.807, 2.05) is 30.3 Å². The zero-order valence-corrected chi connectivity index (χ0v) is 15.4. The van der Waals surface area contributed by atoms with Crippen molar-refractivity contribution in [3.8, 4) is 11.3 Å². The molecule has 0 aliphatic carbocycles. The Hall–Kier alpha value is -2.96. The van der Waals surface area contributed by atoms with E-state index in [4.69, 9.17) is 0 Å². The minimum absolute atomic E-state index is 0.0418. The molecular formula is C20H24N4O3. The van der Waals surface area contributed by atoms with Gasteiger partial charge in [0, 0.05) is 38.2 Å².